The van der Waals surface area contributed by atoms with Crippen LogP contribution in [0.15, 0.2) is 41.9 Å². The lowest BCUT2D eigenvalue weighted by Crippen LogP contribution is -2.24. The van der Waals surface area contributed by atoms with Crippen molar-refractivity contribution < 1.29 is 0 Å². The summed E-state index contributed by atoms with van der Waals surface area (Å²) >= 11 is 1.72. The van der Waals surface area contributed by atoms with Crippen molar-refractivity contribution >= 4 is 22.1 Å². The van der Waals surface area contributed by atoms with E-state index in [2.05, 4.69) is 57.9 Å². The van der Waals surface area contributed by atoms with Crippen LogP contribution in [0, 0.1) is 6.92 Å². The first-order valence-electron chi connectivity index (χ1n) is 7.26. The number of aryl methyl sites for hydroxylation is 1. The lowest BCUT2D eigenvalue weighted by atomic mass is 10.0. The molecule has 0 amide bonds. The first kappa shape index (κ1) is 14.2. The van der Waals surface area contributed by atoms with Gasteiger partial charge in [-0.2, -0.15) is 0 Å². The number of nitrogens with one attached hydrogen (secondary N) is 1. The van der Waals surface area contributed by atoms with Gasteiger partial charge in [-0.05, 0) is 24.9 Å². The summed E-state index contributed by atoms with van der Waals surface area (Å²) in [6.45, 7) is 5.09. The summed E-state index contributed by atoms with van der Waals surface area (Å²) in [5.41, 5.74) is 2.21. The third-order valence-corrected chi connectivity index (χ3v) is 4.52. The second kappa shape index (κ2) is 6.33. The van der Waals surface area contributed by atoms with E-state index in [0.717, 1.165) is 29.4 Å². The molecule has 0 aliphatic rings. The maximum atomic E-state index is 4.64. The molecule has 0 spiro atoms. The normalized spacial score (nSPS) is 12.7. The van der Waals surface area contributed by atoms with Gasteiger partial charge in [-0.3, -0.25) is 4.98 Å². The van der Waals surface area contributed by atoms with Gasteiger partial charge in [0.15, 0.2) is 0 Å². The highest BCUT2D eigenvalue weighted by molar-refractivity contribution is 7.09. The number of hydrogen-bond acceptors (Lipinski definition) is 4. The lowest BCUT2D eigenvalue weighted by Gasteiger charge is -2.18. The van der Waals surface area contributed by atoms with Crippen LogP contribution in [0.2, 0.25) is 0 Å². The maximum absolute atomic E-state index is 4.64. The van der Waals surface area contributed by atoms with Gasteiger partial charge in [-0.1, -0.05) is 31.2 Å². The quantitative estimate of drug-likeness (QED) is 0.776. The van der Waals surface area contributed by atoms with Crippen LogP contribution in [0.3, 0.4) is 0 Å². The Morgan fingerprint density at radius 2 is 2.10 bits per heavy atom. The second-order valence-corrected chi connectivity index (χ2v) is 6.06. The standard InChI is InChI=1S/C17H19N3S/c1-3-18-15(10-16-20-12(2)11-21-16)17-14-7-5-4-6-13(14)8-9-19-17/h4-9,11,15,18H,3,10H2,1-2H3. The van der Waals surface area contributed by atoms with Gasteiger partial charge < -0.3 is 5.32 Å². The minimum absolute atomic E-state index is 0.201. The molecular weight excluding hydrogens is 278 g/mol. The summed E-state index contributed by atoms with van der Waals surface area (Å²) in [5, 5.41) is 9.28. The zero-order valence-corrected chi connectivity index (χ0v) is 13.2. The minimum atomic E-state index is 0.201. The predicted octanol–water partition coefficient (Wildman–Crippen LogP) is 3.89. The van der Waals surface area contributed by atoms with Gasteiger partial charge in [0.1, 0.15) is 0 Å². The molecule has 3 aromatic rings. The Balaban J connectivity index is 1.98. The second-order valence-electron chi connectivity index (χ2n) is 5.11. The molecule has 1 atom stereocenters. The van der Waals surface area contributed by atoms with Crippen molar-refractivity contribution in [3.8, 4) is 0 Å². The first-order chi connectivity index (χ1) is 10.3. The molecule has 0 fully saturated rings. The molecule has 3 rings (SSSR count). The molecule has 1 N–H and O–H groups in total. The molecular formula is C17H19N3S. The number of likely N-dealkylation sites (N-methyl/N-ethyl adjacent to an activating group) is 1. The van der Waals surface area contributed by atoms with Crippen LogP contribution in [0.25, 0.3) is 10.8 Å². The van der Waals surface area contributed by atoms with E-state index in [-0.39, 0.29) is 6.04 Å². The number of nitrogens with zero attached hydrogens (tertiary/aromatic N) is 2. The average Bonchev–Trinajstić information content (AvgIpc) is 2.91. The number of pyridine rings is 1. The Bertz CT molecular complexity index is 730. The zero-order chi connectivity index (χ0) is 14.7. The SMILES string of the molecule is CCNC(Cc1nc(C)cs1)c1nccc2ccccc12. The van der Waals surface area contributed by atoms with Crippen molar-refractivity contribution in [3.63, 3.8) is 0 Å². The topological polar surface area (TPSA) is 37.8 Å². The molecule has 2 heterocycles. The Labute approximate surface area is 129 Å². The predicted molar refractivity (Wildman–Crippen MR) is 88.7 cm³/mol. The molecule has 3 nitrogen and oxygen atoms in total. The molecule has 0 radical (unpaired) electrons. The molecule has 21 heavy (non-hydrogen) atoms. The van der Waals surface area contributed by atoms with Crippen LogP contribution in [0.1, 0.15) is 29.4 Å². The van der Waals surface area contributed by atoms with Crippen molar-refractivity contribution in [2.45, 2.75) is 26.3 Å². The maximum Gasteiger partial charge on any atom is 0.0947 e. The van der Waals surface area contributed by atoms with Crippen molar-refractivity contribution in [1.29, 1.82) is 0 Å². The smallest absolute Gasteiger partial charge is 0.0947 e. The van der Waals surface area contributed by atoms with Gasteiger partial charge in [0.05, 0.1) is 16.7 Å². The van der Waals surface area contributed by atoms with Crippen LogP contribution in [-0.2, 0) is 6.42 Å². The van der Waals surface area contributed by atoms with Crippen LogP contribution in [-0.4, -0.2) is 16.5 Å². The van der Waals surface area contributed by atoms with Gasteiger partial charge in [0.2, 0.25) is 0 Å². The third kappa shape index (κ3) is 3.12. The largest absolute Gasteiger partial charge is 0.309 e. The molecule has 108 valence electrons. The summed E-state index contributed by atoms with van der Waals surface area (Å²) in [5.74, 6) is 0. The number of rotatable bonds is 5. The number of hydrogen-bond donors (Lipinski definition) is 1. The summed E-state index contributed by atoms with van der Waals surface area (Å²) < 4.78 is 0. The van der Waals surface area contributed by atoms with Crippen molar-refractivity contribution in [2.24, 2.45) is 0 Å². The van der Waals surface area contributed by atoms with E-state index in [1.807, 2.05) is 13.1 Å². The molecule has 2 aromatic heterocycles. The van der Waals surface area contributed by atoms with E-state index in [1.54, 1.807) is 11.3 Å². The number of fused-ring (bicyclic) bond motifs is 1. The van der Waals surface area contributed by atoms with E-state index in [0.29, 0.717) is 0 Å². The van der Waals surface area contributed by atoms with Crippen LogP contribution in [0.4, 0.5) is 0 Å². The molecule has 0 saturated heterocycles. The molecule has 0 aliphatic heterocycles. The molecule has 1 unspecified atom stereocenters. The summed E-state index contributed by atoms with van der Waals surface area (Å²) in [6.07, 6.45) is 2.78. The van der Waals surface area contributed by atoms with E-state index in [9.17, 15) is 0 Å². The van der Waals surface area contributed by atoms with Gasteiger partial charge in [0.25, 0.3) is 0 Å². The first-order valence-corrected chi connectivity index (χ1v) is 8.14. The lowest BCUT2D eigenvalue weighted by molar-refractivity contribution is 0.539. The van der Waals surface area contributed by atoms with E-state index in [4.69, 9.17) is 0 Å². The Kier molecular flexibility index (Phi) is 4.27. The van der Waals surface area contributed by atoms with E-state index >= 15 is 0 Å². The van der Waals surface area contributed by atoms with Crippen molar-refractivity contribution in [3.05, 3.63) is 58.3 Å². The average molecular weight is 297 g/mol. The van der Waals surface area contributed by atoms with Gasteiger partial charge in [-0.25, -0.2) is 4.98 Å². The highest BCUT2D eigenvalue weighted by atomic mass is 32.1. The van der Waals surface area contributed by atoms with Crippen molar-refractivity contribution in [2.75, 3.05) is 6.54 Å². The zero-order valence-electron chi connectivity index (χ0n) is 12.3. The molecule has 4 heteroatoms. The monoisotopic (exact) mass is 297 g/mol. The third-order valence-electron chi connectivity index (χ3n) is 3.53. The van der Waals surface area contributed by atoms with Gasteiger partial charge in [-0.15, -0.1) is 11.3 Å². The number of thiazole rings is 1. The summed E-state index contributed by atoms with van der Waals surface area (Å²) in [6, 6.07) is 10.7. The Morgan fingerprint density at radius 1 is 1.24 bits per heavy atom. The highest BCUT2D eigenvalue weighted by Gasteiger charge is 2.17. The minimum Gasteiger partial charge on any atom is -0.309 e. The fourth-order valence-corrected chi connectivity index (χ4v) is 3.42. The molecule has 0 aliphatic carbocycles. The molecule has 0 saturated carbocycles. The Hall–Kier alpha value is -1.78. The van der Waals surface area contributed by atoms with E-state index < -0.39 is 0 Å². The van der Waals surface area contributed by atoms with Crippen LogP contribution in [0.5, 0.6) is 0 Å². The number of benzene rings is 1. The van der Waals surface area contributed by atoms with Gasteiger partial charge >= 0.3 is 0 Å². The van der Waals surface area contributed by atoms with Crippen LogP contribution < -0.4 is 5.32 Å². The highest BCUT2D eigenvalue weighted by Crippen LogP contribution is 2.25. The summed E-state index contributed by atoms with van der Waals surface area (Å²) in [7, 11) is 0. The number of aromatic nitrogens is 2. The van der Waals surface area contributed by atoms with Crippen LogP contribution >= 0.6 is 11.3 Å². The fourth-order valence-electron chi connectivity index (χ4n) is 2.60. The Morgan fingerprint density at radius 3 is 2.86 bits per heavy atom. The molecule has 0 bridgehead atoms. The summed E-state index contributed by atoms with van der Waals surface area (Å²) in [4.78, 5) is 9.23. The van der Waals surface area contributed by atoms with Crippen molar-refractivity contribution in [1.82, 2.24) is 15.3 Å². The van der Waals surface area contributed by atoms with E-state index in [1.165, 1.54) is 10.8 Å². The van der Waals surface area contributed by atoms with Gasteiger partial charge in [0, 0.05) is 29.1 Å². The fraction of sp³-hybridized carbons (Fsp3) is 0.294. The molecule has 1 aromatic carbocycles.